The van der Waals surface area contributed by atoms with E-state index in [9.17, 15) is 14.7 Å². The summed E-state index contributed by atoms with van der Waals surface area (Å²) in [4.78, 5) is 33.1. The smallest absolute Gasteiger partial charge is 0.301 e. The highest BCUT2D eigenvalue weighted by Crippen LogP contribution is 2.45. The number of nitrogens with zero attached hydrogens (tertiary/aromatic N) is 5. The molecule has 1 atom stereocenters. The van der Waals surface area contributed by atoms with Crippen LogP contribution in [0.1, 0.15) is 35.5 Å². The van der Waals surface area contributed by atoms with Crippen molar-refractivity contribution < 1.29 is 19.4 Å². The molecule has 6 rings (SSSR count). The molecule has 3 aromatic heterocycles. The van der Waals surface area contributed by atoms with Crippen LogP contribution >= 0.6 is 23.1 Å². The van der Waals surface area contributed by atoms with Gasteiger partial charge in [0.2, 0.25) is 5.13 Å². The molecule has 206 valence electrons. The number of aryl methyl sites for hydroxylation is 1. The molecule has 0 spiro atoms. The summed E-state index contributed by atoms with van der Waals surface area (Å²) in [6.07, 6.45) is 1.76. The Kier molecular flexibility index (Phi) is 7.29. The largest absolute Gasteiger partial charge is 0.505 e. The lowest BCUT2D eigenvalue weighted by molar-refractivity contribution is -0.132. The summed E-state index contributed by atoms with van der Waals surface area (Å²) in [5.41, 5.74) is 3.16. The number of amides is 1. The van der Waals surface area contributed by atoms with Gasteiger partial charge in [0.15, 0.2) is 10.1 Å². The molecule has 2 aromatic carbocycles. The summed E-state index contributed by atoms with van der Waals surface area (Å²) in [5.74, 6) is -0.648. The minimum Gasteiger partial charge on any atom is -0.505 e. The van der Waals surface area contributed by atoms with Crippen molar-refractivity contribution in [3.05, 3.63) is 107 Å². The average molecular weight is 584 g/mol. The van der Waals surface area contributed by atoms with E-state index in [1.807, 2.05) is 49.4 Å². The zero-order chi connectivity index (χ0) is 28.5. The SMILES string of the molecule is CCOc1cccc(C2/C(=C(\O)c3c(C)nc4ccccn34)C(=O)C(=O)N2c2nnc(SCc3ccccc3)s2)c1. The fourth-order valence-electron chi connectivity index (χ4n) is 4.89. The van der Waals surface area contributed by atoms with Gasteiger partial charge in [0.1, 0.15) is 17.1 Å². The van der Waals surface area contributed by atoms with E-state index in [2.05, 4.69) is 15.2 Å². The van der Waals surface area contributed by atoms with E-state index in [0.29, 0.717) is 45.0 Å². The van der Waals surface area contributed by atoms with Gasteiger partial charge in [0.25, 0.3) is 5.78 Å². The van der Waals surface area contributed by atoms with Gasteiger partial charge in [0.05, 0.1) is 23.9 Å². The number of carbonyl (C=O) groups is 2. The lowest BCUT2D eigenvalue weighted by atomic mass is 9.96. The fourth-order valence-corrected chi connectivity index (χ4v) is 6.71. The van der Waals surface area contributed by atoms with Crippen molar-refractivity contribution in [3.8, 4) is 5.75 Å². The summed E-state index contributed by atoms with van der Waals surface area (Å²) in [6.45, 7) is 4.08. The molecule has 1 amide bonds. The van der Waals surface area contributed by atoms with Crippen molar-refractivity contribution in [3.63, 3.8) is 0 Å². The van der Waals surface area contributed by atoms with Crippen molar-refractivity contribution in [2.45, 2.75) is 30.0 Å². The topological polar surface area (TPSA) is 110 Å². The molecule has 41 heavy (non-hydrogen) atoms. The van der Waals surface area contributed by atoms with Crippen LogP contribution in [0.3, 0.4) is 0 Å². The molecule has 11 heteroatoms. The molecule has 9 nitrogen and oxygen atoms in total. The number of carbonyl (C=O) groups excluding carboxylic acids is 2. The Morgan fingerprint density at radius 2 is 1.85 bits per heavy atom. The van der Waals surface area contributed by atoms with E-state index in [-0.39, 0.29) is 16.5 Å². The van der Waals surface area contributed by atoms with Gasteiger partial charge in [-0.3, -0.25) is 18.9 Å². The van der Waals surface area contributed by atoms with Gasteiger partial charge >= 0.3 is 5.91 Å². The van der Waals surface area contributed by atoms with Gasteiger partial charge in [-0.2, -0.15) is 0 Å². The number of imidazole rings is 1. The fraction of sp³-hybridized carbons (Fsp3) is 0.167. The normalized spacial score (nSPS) is 16.5. The highest BCUT2D eigenvalue weighted by Gasteiger charge is 2.49. The van der Waals surface area contributed by atoms with Crippen LogP contribution in [0.5, 0.6) is 5.75 Å². The van der Waals surface area contributed by atoms with Crippen LogP contribution in [0, 0.1) is 6.92 Å². The van der Waals surface area contributed by atoms with E-state index in [4.69, 9.17) is 4.74 Å². The van der Waals surface area contributed by atoms with Crippen LogP contribution in [0.15, 0.2) is 88.9 Å². The first-order valence-electron chi connectivity index (χ1n) is 12.9. The maximum Gasteiger partial charge on any atom is 0.301 e. The molecule has 5 aromatic rings. The van der Waals surface area contributed by atoms with Crippen LogP contribution in [-0.4, -0.2) is 43.0 Å². The number of aliphatic hydroxyl groups excluding tert-OH is 1. The molecule has 0 aliphatic carbocycles. The Labute approximate surface area is 244 Å². The second-order valence-corrected chi connectivity index (χ2v) is 11.5. The number of Topliss-reactive ketones (excluding diaryl/α,β-unsaturated/α-hetero) is 1. The number of hydrogen-bond acceptors (Lipinski definition) is 9. The summed E-state index contributed by atoms with van der Waals surface area (Å²) in [6, 6.07) is 21.6. The molecular weight excluding hydrogens is 558 g/mol. The van der Waals surface area contributed by atoms with Crippen LogP contribution in [-0.2, 0) is 15.3 Å². The first-order chi connectivity index (χ1) is 20.0. The average Bonchev–Trinajstić information content (AvgIpc) is 3.66. The summed E-state index contributed by atoms with van der Waals surface area (Å²) in [7, 11) is 0. The van der Waals surface area contributed by atoms with Gasteiger partial charge in [-0.15, -0.1) is 10.2 Å². The molecule has 1 fully saturated rings. The van der Waals surface area contributed by atoms with Crippen molar-refractivity contribution in [2.24, 2.45) is 0 Å². The summed E-state index contributed by atoms with van der Waals surface area (Å²) >= 11 is 2.72. The third-order valence-electron chi connectivity index (χ3n) is 6.66. The molecule has 1 N–H and O–H groups in total. The molecule has 1 unspecified atom stereocenters. The Morgan fingerprint density at radius 1 is 1.05 bits per heavy atom. The summed E-state index contributed by atoms with van der Waals surface area (Å²) < 4.78 is 8.07. The quantitative estimate of drug-likeness (QED) is 0.0801. The van der Waals surface area contributed by atoms with Gasteiger partial charge in [-0.05, 0) is 49.2 Å². The third-order valence-corrected chi connectivity index (χ3v) is 8.79. The van der Waals surface area contributed by atoms with Gasteiger partial charge in [-0.25, -0.2) is 4.98 Å². The first kappa shape index (κ1) is 26.7. The molecule has 1 aliphatic heterocycles. The molecule has 0 radical (unpaired) electrons. The summed E-state index contributed by atoms with van der Waals surface area (Å²) in [5, 5.41) is 20.6. The molecule has 1 saturated heterocycles. The van der Waals surface area contributed by atoms with E-state index < -0.39 is 17.7 Å². The number of thioether (sulfide) groups is 1. The number of pyridine rings is 1. The number of aliphatic hydroxyl groups is 1. The lowest BCUT2D eigenvalue weighted by Gasteiger charge is -2.23. The second-order valence-electron chi connectivity index (χ2n) is 9.27. The minimum atomic E-state index is -0.955. The predicted molar refractivity (Wildman–Crippen MR) is 158 cm³/mol. The zero-order valence-corrected chi connectivity index (χ0v) is 23.9. The van der Waals surface area contributed by atoms with E-state index in [1.165, 1.54) is 28.0 Å². The number of ether oxygens (including phenoxy) is 1. The maximum absolute atomic E-state index is 13.7. The number of anilines is 1. The van der Waals surface area contributed by atoms with Gasteiger partial charge < -0.3 is 9.84 Å². The Morgan fingerprint density at radius 3 is 2.66 bits per heavy atom. The Bertz CT molecular complexity index is 1800. The number of ketones is 1. The number of aromatic nitrogens is 4. The standard InChI is InChI=1S/C30H25N5O4S2/c1-3-39-21-13-9-12-20(16-21)25-23(26(36)24-18(2)31-22-14-7-8-15-34(22)24)27(37)28(38)35(25)29-32-33-30(41-29)40-17-19-10-5-4-6-11-19/h4-16,25,36H,3,17H2,1-2H3/b26-23+. The number of rotatable bonds is 8. The van der Waals surface area contributed by atoms with Crippen LogP contribution in [0.2, 0.25) is 0 Å². The van der Waals surface area contributed by atoms with Crippen LogP contribution in [0.25, 0.3) is 11.4 Å². The van der Waals surface area contributed by atoms with E-state index in [0.717, 1.165) is 5.56 Å². The predicted octanol–water partition coefficient (Wildman–Crippen LogP) is 5.81. The lowest BCUT2D eigenvalue weighted by Crippen LogP contribution is -2.29. The molecule has 1 aliphatic rings. The first-order valence-corrected chi connectivity index (χ1v) is 14.7. The zero-order valence-electron chi connectivity index (χ0n) is 22.2. The second kappa shape index (κ2) is 11.2. The van der Waals surface area contributed by atoms with Crippen molar-refractivity contribution in [2.75, 3.05) is 11.5 Å². The van der Waals surface area contributed by atoms with Crippen LogP contribution < -0.4 is 9.64 Å². The number of benzene rings is 2. The maximum atomic E-state index is 13.7. The number of hydrogen-bond donors (Lipinski definition) is 1. The monoisotopic (exact) mass is 583 g/mol. The van der Waals surface area contributed by atoms with Gasteiger partial charge in [0, 0.05) is 11.9 Å². The molecule has 4 heterocycles. The van der Waals surface area contributed by atoms with Crippen molar-refractivity contribution in [1.29, 1.82) is 0 Å². The Balaban J connectivity index is 1.46. The van der Waals surface area contributed by atoms with Crippen molar-refractivity contribution in [1.82, 2.24) is 19.6 Å². The van der Waals surface area contributed by atoms with E-state index in [1.54, 1.807) is 47.9 Å². The molecule has 0 saturated carbocycles. The number of fused-ring (bicyclic) bond motifs is 1. The van der Waals surface area contributed by atoms with Crippen LogP contribution in [0.4, 0.5) is 5.13 Å². The third kappa shape index (κ3) is 4.98. The van der Waals surface area contributed by atoms with Crippen molar-refractivity contribution >= 4 is 51.3 Å². The molecular formula is C30H25N5O4S2. The minimum absolute atomic E-state index is 0.0499. The van der Waals surface area contributed by atoms with Gasteiger partial charge in [-0.1, -0.05) is 71.6 Å². The van der Waals surface area contributed by atoms with E-state index >= 15 is 0 Å². The molecule has 0 bridgehead atoms. The highest BCUT2D eigenvalue weighted by molar-refractivity contribution is 8.00. The Hall–Kier alpha value is -4.48. The highest BCUT2D eigenvalue weighted by atomic mass is 32.2.